The van der Waals surface area contributed by atoms with Crippen LogP contribution < -0.4 is 5.46 Å². The van der Waals surface area contributed by atoms with Crippen molar-refractivity contribution < 1.29 is 9.31 Å². The highest BCUT2D eigenvalue weighted by molar-refractivity contribution is 7.73. The van der Waals surface area contributed by atoms with E-state index < -0.39 is 0 Å². The summed E-state index contributed by atoms with van der Waals surface area (Å²) in [7, 11) is -0.323. The van der Waals surface area contributed by atoms with Crippen molar-refractivity contribution in [2.75, 3.05) is 0 Å². The molecule has 3 nitrogen and oxygen atoms in total. The van der Waals surface area contributed by atoms with E-state index in [1.54, 1.807) is 11.3 Å². The largest absolute Gasteiger partial charge is 0.494 e. The van der Waals surface area contributed by atoms with E-state index in [-0.39, 0.29) is 18.3 Å². The van der Waals surface area contributed by atoms with Crippen molar-refractivity contribution in [2.24, 2.45) is 0 Å². The fraction of sp³-hybridized carbons (Fsp3) is 0.462. The number of fused-ring (bicyclic) bond motifs is 1. The summed E-state index contributed by atoms with van der Waals surface area (Å²) >= 11 is 6.74. The molecule has 1 fully saturated rings. The van der Waals surface area contributed by atoms with Gasteiger partial charge in [-0.25, -0.2) is 0 Å². The molecule has 0 unspecified atom stereocenters. The third-order valence-electron chi connectivity index (χ3n) is 3.97. The van der Waals surface area contributed by atoms with Crippen LogP contribution in [0.15, 0.2) is 18.2 Å². The molecule has 1 N–H and O–H groups in total. The Bertz CT molecular complexity index is 673. The van der Waals surface area contributed by atoms with Crippen LogP contribution >= 0.6 is 23.6 Å². The lowest BCUT2D eigenvalue weighted by Gasteiger charge is -2.32. The fourth-order valence-corrected chi connectivity index (χ4v) is 3.19. The summed E-state index contributed by atoms with van der Waals surface area (Å²) in [4.78, 5) is 3.19. The van der Waals surface area contributed by atoms with Crippen LogP contribution in [0.2, 0.25) is 0 Å². The minimum absolute atomic E-state index is 0.311. The molecule has 1 aliphatic rings. The number of thiazole rings is 1. The normalized spacial score (nSPS) is 21.2. The molecule has 2 aromatic rings. The highest BCUT2D eigenvalue weighted by Crippen LogP contribution is 2.36. The Morgan fingerprint density at radius 2 is 1.79 bits per heavy atom. The first-order chi connectivity index (χ1) is 8.78. The predicted molar refractivity (Wildman–Crippen MR) is 82.7 cm³/mol. The molecule has 6 heteroatoms. The molecule has 0 bridgehead atoms. The van der Waals surface area contributed by atoms with Gasteiger partial charge in [0, 0.05) is 0 Å². The number of hydrogen-bond donors (Lipinski definition) is 1. The number of nitrogens with one attached hydrogen (secondary N) is 1. The molecule has 1 saturated heterocycles. The molecule has 2 heterocycles. The van der Waals surface area contributed by atoms with Crippen LogP contribution in [0.3, 0.4) is 0 Å². The zero-order valence-electron chi connectivity index (χ0n) is 11.4. The predicted octanol–water partition coefficient (Wildman–Crippen LogP) is 3.26. The van der Waals surface area contributed by atoms with Crippen LogP contribution in [0.1, 0.15) is 27.7 Å². The molecule has 0 atom stereocenters. The molecular formula is C13H16BNO2S2. The second-order valence-corrected chi connectivity index (χ2v) is 7.58. The van der Waals surface area contributed by atoms with E-state index >= 15 is 0 Å². The molecule has 0 radical (unpaired) electrons. The van der Waals surface area contributed by atoms with Crippen LogP contribution in [0.5, 0.6) is 0 Å². The van der Waals surface area contributed by atoms with E-state index in [0.29, 0.717) is 0 Å². The summed E-state index contributed by atoms with van der Waals surface area (Å²) in [5.74, 6) is 0. The average molecular weight is 293 g/mol. The van der Waals surface area contributed by atoms with Gasteiger partial charge < -0.3 is 14.3 Å². The van der Waals surface area contributed by atoms with Gasteiger partial charge in [-0.3, -0.25) is 0 Å². The molecule has 0 amide bonds. The number of aromatic nitrogens is 1. The molecule has 100 valence electrons. The van der Waals surface area contributed by atoms with Crippen molar-refractivity contribution in [1.82, 2.24) is 4.98 Å². The monoisotopic (exact) mass is 293 g/mol. The molecule has 0 saturated carbocycles. The summed E-state index contributed by atoms with van der Waals surface area (Å²) in [6.07, 6.45) is 0. The Kier molecular flexibility index (Phi) is 2.91. The van der Waals surface area contributed by atoms with Crippen molar-refractivity contribution in [3.63, 3.8) is 0 Å². The second-order valence-electron chi connectivity index (χ2n) is 5.86. The van der Waals surface area contributed by atoms with E-state index in [0.717, 1.165) is 19.6 Å². The van der Waals surface area contributed by atoms with Gasteiger partial charge in [0.1, 0.15) is 0 Å². The van der Waals surface area contributed by atoms with Crippen molar-refractivity contribution in [3.05, 3.63) is 22.2 Å². The molecule has 19 heavy (non-hydrogen) atoms. The highest BCUT2D eigenvalue weighted by atomic mass is 32.1. The second kappa shape index (κ2) is 4.15. The van der Waals surface area contributed by atoms with Gasteiger partial charge in [-0.05, 0) is 57.5 Å². The van der Waals surface area contributed by atoms with Gasteiger partial charge in [-0.1, -0.05) is 6.07 Å². The van der Waals surface area contributed by atoms with E-state index in [1.165, 1.54) is 0 Å². The Morgan fingerprint density at radius 3 is 2.42 bits per heavy atom. The van der Waals surface area contributed by atoms with Crippen molar-refractivity contribution >= 4 is 46.4 Å². The van der Waals surface area contributed by atoms with E-state index in [2.05, 4.69) is 44.8 Å². The summed E-state index contributed by atoms with van der Waals surface area (Å²) < 4.78 is 14.0. The summed E-state index contributed by atoms with van der Waals surface area (Å²) in [5, 5.41) is 0. The quantitative estimate of drug-likeness (QED) is 0.647. The first-order valence-electron chi connectivity index (χ1n) is 6.27. The smallest absolute Gasteiger partial charge is 0.399 e. The Morgan fingerprint density at radius 1 is 1.16 bits per heavy atom. The molecule has 0 spiro atoms. The van der Waals surface area contributed by atoms with Gasteiger partial charge >= 0.3 is 7.12 Å². The summed E-state index contributed by atoms with van der Waals surface area (Å²) in [5.41, 5.74) is 1.44. The van der Waals surface area contributed by atoms with Crippen molar-refractivity contribution in [3.8, 4) is 0 Å². The standard InChI is InChI=1S/C13H16BNO2S2/c1-12(2)13(3,4)17-14(16-12)8-5-6-10-9(7-8)15-11(18)19-10/h5-7H,1-4H3,(H,15,18). The number of aromatic amines is 1. The Hall–Kier alpha value is -0.685. The maximum absolute atomic E-state index is 6.05. The number of hydrogen-bond acceptors (Lipinski definition) is 4. The maximum Gasteiger partial charge on any atom is 0.494 e. The maximum atomic E-state index is 6.05. The Labute approximate surface area is 122 Å². The van der Waals surface area contributed by atoms with E-state index in [9.17, 15) is 0 Å². The molecule has 1 aromatic carbocycles. The molecule has 1 aliphatic heterocycles. The molecule has 0 aliphatic carbocycles. The zero-order valence-corrected chi connectivity index (χ0v) is 13.1. The first-order valence-corrected chi connectivity index (χ1v) is 7.49. The lowest BCUT2D eigenvalue weighted by Crippen LogP contribution is -2.41. The topological polar surface area (TPSA) is 34.2 Å². The third-order valence-corrected chi connectivity index (χ3v) is 5.18. The van der Waals surface area contributed by atoms with Crippen LogP contribution in [0.4, 0.5) is 0 Å². The minimum atomic E-state index is -0.323. The first kappa shape index (κ1) is 13.3. The van der Waals surface area contributed by atoms with Crippen LogP contribution in [0, 0.1) is 3.95 Å². The van der Waals surface area contributed by atoms with E-state index in [1.807, 2.05) is 6.07 Å². The molecule has 3 rings (SSSR count). The Balaban J connectivity index is 2.00. The van der Waals surface area contributed by atoms with Crippen LogP contribution in [-0.4, -0.2) is 23.3 Å². The van der Waals surface area contributed by atoms with Gasteiger partial charge in [-0.15, -0.1) is 11.3 Å². The van der Waals surface area contributed by atoms with Crippen molar-refractivity contribution in [1.29, 1.82) is 0 Å². The third kappa shape index (κ3) is 2.16. The summed E-state index contributed by atoms with van der Waals surface area (Å²) in [6, 6.07) is 6.17. The fourth-order valence-electron chi connectivity index (χ4n) is 2.10. The van der Waals surface area contributed by atoms with Crippen molar-refractivity contribution in [2.45, 2.75) is 38.9 Å². The van der Waals surface area contributed by atoms with Gasteiger partial charge in [0.05, 0.1) is 21.4 Å². The van der Waals surface area contributed by atoms with Gasteiger partial charge in [0.2, 0.25) is 0 Å². The number of H-pyrrole nitrogens is 1. The zero-order chi connectivity index (χ0) is 13.8. The van der Waals surface area contributed by atoms with E-state index in [4.69, 9.17) is 21.5 Å². The molecular weight excluding hydrogens is 277 g/mol. The highest BCUT2D eigenvalue weighted by Gasteiger charge is 2.51. The van der Waals surface area contributed by atoms with Gasteiger partial charge in [0.25, 0.3) is 0 Å². The minimum Gasteiger partial charge on any atom is -0.399 e. The SMILES string of the molecule is CC1(C)OB(c2ccc3sc(=S)[nH]c3c2)OC1(C)C. The van der Waals surface area contributed by atoms with Crippen LogP contribution in [-0.2, 0) is 9.31 Å². The lowest BCUT2D eigenvalue weighted by molar-refractivity contribution is 0.00578. The van der Waals surface area contributed by atoms with Gasteiger partial charge in [0.15, 0.2) is 3.95 Å². The average Bonchev–Trinajstić information content (AvgIpc) is 2.74. The lowest BCUT2D eigenvalue weighted by atomic mass is 9.79. The van der Waals surface area contributed by atoms with Gasteiger partial charge in [-0.2, -0.15) is 0 Å². The number of benzene rings is 1. The van der Waals surface area contributed by atoms with Crippen LogP contribution in [0.25, 0.3) is 10.2 Å². The number of rotatable bonds is 1. The molecule has 1 aromatic heterocycles. The summed E-state index contributed by atoms with van der Waals surface area (Å²) in [6.45, 7) is 8.24.